The van der Waals surface area contributed by atoms with Crippen molar-refractivity contribution < 1.29 is 4.74 Å². The Labute approximate surface area is 225 Å². The zero-order chi connectivity index (χ0) is 26.5. The molecule has 10 atom stereocenters. The fourth-order valence-corrected chi connectivity index (χ4v) is 11.0. The Morgan fingerprint density at radius 1 is 0.944 bits per heavy atom. The second-order valence-electron chi connectivity index (χ2n) is 15.8. The molecule has 0 amide bonds. The van der Waals surface area contributed by atoms with Gasteiger partial charge < -0.3 is 4.74 Å². The monoisotopic (exact) mass is 496 g/mol. The van der Waals surface area contributed by atoms with Crippen LogP contribution >= 0.6 is 0 Å². The van der Waals surface area contributed by atoms with Crippen LogP contribution in [0.25, 0.3) is 0 Å². The highest BCUT2D eigenvalue weighted by Crippen LogP contribution is 2.72. The highest BCUT2D eigenvalue weighted by atomic mass is 16.5. The van der Waals surface area contributed by atoms with Crippen molar-refractivity contribution in [1.82, 2.24) is 0 Å². The standard InChI is InChI=1S/C35H60O/c1-11-26(13-12-20-32(4,5)23-25(3)36-10)27-14-16-29-28(27)15-17-31-34(29,8)22-19-30-33(6,7)24(2)18-21-35(30,31)9/h11-12,20,24-31H,1,13-19,21-23H2,2-10H3/b20-12+. The van der Waals surface area contributed by atoms with Gasteiger partial charge in [-0.2, -0.15) is 0 Å². The van der Waals surface area contributed by atoms with E-state index in [9.17, 15) is 0 Å². The molecule has 0 aromatic rings. The Balaban J connectivity index is 1.47. The molecule has 1 heteroatoms. The summed E-state index contributed by atoms with van der Waals surface area (Å²) in [6.07, 6.45) is 21.5. The molecular formula is C35H60O. The zero-order valence-electron chi connectivity index (χ0n) is 25.5. The Bertz CT molecular complexity index is 805. The molecule has 36 heavy (non-hydrogen) atoms. The molecule has 10 unspecified atom stereocenters. The Kier molecular flexibility index (Phi) is 8.06. The number of hydrogen-bond acceptors (Lipinski definition) is 1. The predicted octanol–water partition coefficient (Wildman–Crippen LogP) is 10.1. The molecule has 0 heterocycles. The van der Waals surface area contributed by atoms with Gasteiger partial charge in [0.25, 0.3) is 0 Å². The van der Waals surface area contributed by atoms with Crippen LogP contribution in [0.2, 0.25) is 0 Å². The number of ether oxygens (including phenoxy) is 1. The minimum absolute atomic E-state index is 0.185. The summed E-state index contributed by atoms with van der Waals surface area (Å²) in [7, 11) is 1.83. The van der Waals surface area contributed by atoms with Crippen LogP contribution < -0.4 is 0 Å². The molecule has 0 N–H and O–H groups in total. The quantitative estimate of drug-likeness (QED) is 0.304. The van der Waals surface area contributed by atoms with Gasteiger partial charge >= 0.3 is 0 Å². The zero-order valence-corrected chi connectivity index (χ0v) is 25.5. The van der Waals surface area contributed by atoms with Crippen molar-refractivity contribution in [1.29, 1.82) is 0 Å². The summed E-state index contributed by atoms with van der Waals surface area (Å²) in [4.78, 5) is 0. The van der Waals surface area contributed by atoms with E-state index in [0.29, 0.717) is 28.3 Å². The van der Waals surface area contributed by atoms with E-state index in [1.807, 2.05) is 7.11 Å². The molecule has 0 aromatic heterocycles. The van der Waals surface area contributed by atoms with Gasteiger partial charge in [0.1, 0.15) is 0 Å². The summed E-state index contributed by atoms with van der Waals surface area (Å²) < 4.78 is 5.53. The van der Waals surface area contributed by atoms with E-state index < -0.39 is 0 Å². The summed E-state index contributed by atoms with van der Waals surface area (Å²) in [5.74, 6) is 6.04. The minimum Gasteiger partial charge on any atom is -0.382 e. The van der Waals surface area contributed by atoms with Crippen LogP contribution in [0.1, 0.15) is 120 Å². The van der Waals surface area contributed by atoms with Gasteiger partial charge in [0, 0.05) is 7.11 Å². The van der Waals surface area contributed by atoms with Crippen molar-refractivity contribution >= 4 is 0 Å². The third-order valence-electron chi connectivity index (χ3n) is 13.2. The first-order valence-corrected chi connectivity index (χ1v) is 15.6. The van der Waals surface area contributed by atoms with Crippen molar-refractivity contribution in [3.05, 3.63) is 24.8 Å². The predicted molar refractivity (Wildman–Crippen MR) is 156 cm³/mol. The molecule has 4 rings (SSSR count). The Morgan fingerprint density at radius 2 is 1.64 bits per heavy atom. The van der Waals surface area contributed by atoms with Gasteiger partial charge in [-0.05, 0) is 134 Å². The summed E-state index contributed by atoms with van der Waals surface area (Å²) in [5, 5.41) is 0. The van der Waals surface area contributed by atoms with E-state index in [1.54, 1.807) is 0 Å². The average molecular weight is 497 g/mol. The molecule has 206 valence electrons. The molecule has 4 fully saturated rings. The van der Waals surface area contributed by atoms with E-state index in [4.69, 9.17) is 4.74 Å². The summed E-state index contributed by atoms with van der Waals surface area (Å²) >= 11 is 0. The molecular weight excluding hydrogens is 436 g/mol. The maximum atomic E-state index is 5.53. The lowest BCUT2D eigenvalue weighted by molar-refractivity contribution is -0.185. The first-order chi connectivity index (χ1) is 16.8. The van der Waals surface area contributed by atoms with Gasteiger partial charge in [0.05, 0.1) is 6.10 Å². The molecule has 0 aliphatic heterocycles. The lowest BCUT2D eigenvalue weighted by Crippen LogP contribution is -2.60. The highest BCUT2D eigenvalue weighted by Gasteiger charge is 2.64. The van der Waals surface area contributed by atoms with Crippen LogP contribution in [-0.2, 0) is 4.74 Å². The fourth-order valence-electron chi connectivity index (χ4n) is 11.0. The summed E-state index contributed by atoms with van der Waals surface area (Å²) in [6.45, 7) is 24.5. The SMILES string of the molecule is C=CC(C/C=C/C(C)(C)CC(C)OC)C1CCC2C1CCC1C2(C)CCC2C(C)(C)C(C)CCC21C. The molecule has 4 saturated carbocycles. The van der Waals surface area contributed by atoms with Gasteiger partial charge in [-0.25, -0.2) is 0 Å². The maximum Gasteiger partial charge on any atom is 0.0551 e. The van der Waals surface area contributed by atoms with E-state index in [0.717, 1.165) is 48.3 Å². The van der Waals surface area contributed by atoms with Crippen LogP contribution in [0.5, 0.6) is 0 Å². The average Bonchev–Trinajstić information content (AvgIpc) is 3.24. The molecule has 0 bridgehead atoms. The van der Waals surface area contributed by atoms with Gasteiger partial charge in [0.2, 0.25) is 0 Å². The van der Waals surface area contributed by atoms with Gasteiger partial charge in [-0.1, -0.05) is 66.7 Å². The summed E-state index contributed by atoms with van der Waals surface area (Å²) in [5.41, 5.74) is 1.79. The van der Waals surface area contributed by atoms with Crippen molar-refractivity contribution in [2.45, 2.75) is 126 Å². The van der Waals surface area contributed by atoms with Crippen molar-refractivity contribution in [3.8, 4) is 0 Å². The van der Waals surface area contributed by atoms with Crippen LogP contribution in [0.15, 0.2) is 24.8 Å². The van der Waals surface area contributed by atoms with Crippen LogP contribution in [0, 0.1) is 63.1 Å². The van der Waals surface area contributed by atoms with Gasteiger partial charge in [0.15, 0.2) is 0 Å². The fraction of sp³-hybridized carbons (Fsp3) is 0.886. The molecule has 0 spiro atoms. The minimum atomic E-state index is 0.185. The lowest BCUT2D eigenvalue weighted by atomic mass is 9.37. The molecule has 1 nitrogen and oxygen atoms in total. The van der Waals surface area contributed by atoms with Crippen molar-refractivity contribution in [2.75, 3.05) is 7.11 Å². The molecule has 0 radical (unpaired) electrons. The van der Waals surface area contributed by atoms with Gasteiger partial charge in [-0.15, -0.1) is 6.58 Å². The third kappa shape index (κ3) is 4.82. The number of methoxy groups -OCH3 is 1. The van der Waals surface area contributed by atoms with Crippen molar-refractivity contribution in [3.63, 3.8) is 0 Å². The van der Waals surface area contributed by atoms with E-state index in [1.165, 1.54) is 51.4 Å². The van der Waals surface area contributed by atoms with Crippen molar-refractivity contribution in [2.24, 2.45) is 63.1 Å². The van der Waals surface area contributed by atoms with Crippen LogP contribution in [0.4, 0.5) is 0 Å². The first-order valence-electron chi connectivity index (χ1n) is 15.6. The topological polar surface area (TPSA) is 9.23 Å². The maximum absolute atomic E-state index is 5.53. The largest absolute Gasteiger partial charge is 0.382 e. The molecule has 0 aromatic carbocycles. The second kappa shape index (κ2) is 10.2. The molecule has 4 aliphatic carbocycles. The molecule has 0 saturated heterocycles. The number of hydrogen-bond donors (Lipinski definition) is 0. The highest BCUT2D eigenvalue weighted by molar-refractivity contribution is 5.14. The smallest absolute Gasteiger partial charge is 0.0551 e. The second-order valence-corrected chi connectivity index (χ2v) is 15.8. The number of rotatable bonds is 8. The third-order valence-corrected chi connectivity index (χ3v) is 13.2. The normalized spacial score (nSPS) is 43.9. The van der Waals surface area contributed by atoms with Gasteiger partial charge in [-0.3, -0.25) is 0 Å². The lowest BCUT2D eigenvalue weighted by Gasteiger charge is -2.67. The Hall–Kier alpha value is -0.560. The van der Waals surface area contributed by atoms with E-state index >= 15 is 0 Å². The van der Waals surface area contributed by atoms with E-state index in [-0.39, 0.29) is 5.41 Å². The van der Waals surface area contributed by atoms with Crippen LogP contribution in [0.3, 0.4) is 0 Å². The first kappa shape index (κ1) is 28.4. The number of fused-ring (bicyclic) bond motifs is 5. The van der Waals surface area contributed by atoms with E-state index in [2.05, 4.69) is 80.2 Å². The van der Waals surface area contributed by atoms with Crippen LogP contribution in [-0.4, -0.2) is 13.2 Å². The number of allylic oxidation sites excluding steroid dienone is 3. The summed E-state index contributed by atoms with van der Waals surface area (Å²) in [6, 6.07) is 0. The Morgan fingerprint density at radius 3 is 2.31 bits per heavy atom. The molecule has 4 aliphatic rings.